The van der Waals surface area contributed by atoms with Crippen LogP contribution < -0.4 is 11.1 Å². The molecule has 6 heteroatoms. The second-order valence-electron chi connectivity index (χ2n) is 4.14. The van der Waals surface area contributed by atoms with Gasteiger partial charge < -0.3 is 16.3 Å². The summed E-state index contributed by atoms with van der Waals surface area (Å²) in [6.07, 6.45) is 0. The predicted octanol–water partition coefficient (Wildman–Crippen LogP) is 3.81. The molecule has 104 valence electrons. The van der Waals surface area contributed by atoms with E-state index in [9.17, 15) is 0 Å². The normalized spacial score (nSPS) is 11.4. The largest absolute Gasteiger partial charge is 0.409 e. The molecule has 2 aromatic carbocycles. The zero-order valence-corrected chi connectivity index (χ0v) is 12.8. The molecule has 0 radical (unpaired) electrons. The monoisotopic (exact) mass is 353 g/mol. The molecule has 0 saturated heterocycles. The van der Waals surface area contributed by atoms with Crippen LogP contribution in [0.15, 0.2) is 52.1 Å². The van der Waals surface area contributed by atoms with Crippen molar-refractivity contribution in [1.82, 2.24) is 0 Å². The summed E-state index contributed by atoms with van der Waals surface area (Å²) in [5.74, 6) is 0.0933. The van der Waals surface area contributed by atoms with Crippen LogP contribution in [0.25, 0.3) is 0 Å². The van der Waals surface area contributed by atoms with Gasteiger partial charge in [-0.3, -0.25) is 0 Å². The third kappa shape index (κ3) is 3.43. The number of anilines is 1. The first-order chi connectivity index (χ1) is 9.61. The molecule has 0 fully saturated rings. The fraction of sp³-hybridized carbons (Fsp3) is 0.0714. The fourth-order valence-corrected chi connectivity index (χ4v) is 2.32. The zero-order chi connectivity index (χ0) is 14.5. The van der Waals surface area contributed by atoms with E-state index in [4.69, 9.17) is 22.5 Å². The third-order valence-corrected chi connectivity index (χ3v) is 4.16. The summed E-state index contributed by atoms with van der Waals surface area (Å²) < 4.78 is 0.828. The van der Waals surface area contributed by atoms with Crippen molar-refractivity contribution in [3.63, 3.8) is 0 Å². The van der Waals surface area contributed by atoms with E-state index in [-0.39, 0.29) is 5.84 Å². The SMILES string of the molecule is N/C(=N/O)c1cccc(CNc2cccc(Cl)c2Br)c1. The standard InChI is InChI=1S/C14H13BrClN3O/c15-13-11(16)5-2-6-12(13)18-8-9-3-1-4-10(7-9)14(17)19-20/h1-7,18,20H,8H2,(H2,17,19). The average molecular weight is 355 g/mol. The van der Waals surface area contributed by atoms with Crippen molar-refractivity contribution in [1.29, 1.82) is 0 Å². The third-order valence-electron chi connectivity index (χ3n) is 2.77. The fourth-order valence-electron chi connectivity index (χ4n) is 1.74. The van der Waals surface area contributed by atoms with Gasteiger partial charge in [0.1, 0.15) is 0 Å². The molecule has 0 unspecified atom stereocenters. The van der Waals surface area contributed by atoms with Gasteiger partial charge in [-0.1, -0.05) is 41.0 Å². The number of hydrogen-bond acceptors (Lipinski definition) is 3. The van der Waals surface area contributed by atoms with Gasteiger partial charge in [-0.2, -0.15) is 0 Å². The van der Waals surface area contributed by atoms with Crippen molar-refractivity contribution < 1.29 is 5.21 Å². The summed E-state index contributed by atoms with van der Waals surface area (Å²) in [5, 5.41) is 15.6. The van der Waals surface area contributed by atoms with Crippen LogP contribution in [0.2, 0.25) is 5.02 Å². The van der Waals surface area contributed by atoms with E-state index in [1.807, 2.05) is 36.4 Å². The molecule has 0 saturated carbocycles. The van der Waals surface area contributed by atoms with Crippen LogP contribution in [0.3, 0.4) is 0 Å². The Morgan fingerprint density at radius 3 is 2.80 bits per heavy atom. The molecule has 2 rings (SSSR count). The summed E-state index contributed by atoms with van der Waals surface area (Å²) in [4.78, 5) is 0. The molecule has 0 aromatic heterocycles. The van der Waals surface area contributed by atoms with Gasteiger partial charge in [0, 0.05) is 12.1 Å². The number of hydrogen-bond donors (Lipinski definition) is 3. The minimum Gasteiger partial charge on any atom is -0.409 e. The molecular formula is C14H13BrClN3O. The first-order valence-electron chi connectivity index (χ1n) is 5.86. The van der Waals surface area contributed by atoms with Gasteiger partial charge in [-0.05, 0) is 39.7 Å². The predicted molar refractivity (Wildman–Crippen MR) is 85.4 cm³/mol. The van der Waals surface area contributed by atoms with Crippen LogP contribution in [0.5, 0.6) is 0 Å². The van der Waals surface area contributed by atoms with Crippen molar-refractivity contribution in [2.24, 2.45) is 10.9 Å². The molecule has 0 heterocycles. The van der Waals surface area contributed by atoms with E-state index in [1.165, 1.54) is 0 Å². The number of halogens is 2. The minimum atomic E-state index is 0.0933. The molecule has 4 N–H and O–H groups in total. The lowest BCUT2D eigenvalue weighted by molar-refractivity contribution is 0.318. The number of nitrogens with zero attached hydrogens (tertiary/aromatic N) is 1. The summed E-state index contributed by atoms with van der Waals surface area (Å²) in [6.45, 7) is 0.603. The molecule has 0 bridgehead atoms. The first-order valence-corrected chi connectivity index (χ1v) is 7.03. The minimum absolute atomic E-state index is 0.0933. The highest BCUT2D eigenvalue weighted by Crippen LogP contribution is 2.30. The zero-order valence-electron chi connectivity index (χ0n) is 10.5. The summed E-state index contributed by atoms with van der Waals surface area (Å²) in [5.41, 5.74) is 8.17. The lowest BCUT2D eigenvalue weighted by Gasteiger charge is -2.10. The number of nitrogens with two attached hydrogens (primary N) is 1. The highest BCUT2D eigenvalue weighted by molar-refractivity contribution is 9.10. The Morgan fingerprint density at radius 1 is 1.30 bits per heavy atom. The Balaban J connectivity index is 2.13. The molecule has 0 aliphatic carbocycles. The average Bonchev–Trinajstić information content (AvgIpc) is 2.48. The topological polar surface area (TPSA) is 70.6 Å². The van der Waals surface area contributed by atoms with Crippen molar-refractivity contribution in [3.8, 4) is 0 Å². The molecule has 4 nitrogen and oxygen atoms in total. The van der Waals surface area contributed by atoms with Crippen LogP contribution in [0, 0.1) is 0 Å². The Hall–Kier alpha value is -1.72. The molecule has 0 atom stereocenters. The Bertz CT molecular complexity index is 646. The van der Waals surface area contributed by atoms with E-state index in [1.54, 1.807) is 6.07 Å². The van der Waals surface area contributed by atoms with Gasteiger partial charge >= 0.3 is 0 Å². The van der Waals surface area contributed by atoms with Crippen LogP contribution in [0.4, 0.5) is 5.69 Å². The van der Waals surface area contributed by atoms with Crippen LogP contribution >= 0.6 is 27.5 Å². The van der Waals surface area contributed by atoms with Gasteiger partial charge in [-0.15, -0.1) is 0 Å². The van der Waals surface area contributed by atoms with Crippen molar-refractivity contribution in [3.05, 3.63) is 63.1 Å². The maximum atomic E-state index is 8.68. The summed E-state index contributed by atoms with van der Waals surface area (Å²) in [7, 11) is 0. The van der Waals surface area contributed by atoms with Crippen molar-refractivity contribution >= 4 is 39.1 Å². The quantitative estimate of drug-likeness (QED) is 0.338. The number of amidine groups is 1. The lowest BCUT2D eigenvalue weighted by Crippen LogP contribution is -2.13. The van der Waals surface area contributed by atoms with E-state index >= 15 is 0 Å². The first kappa shape index (κ1) is 14.7. The van der Waals surface area contributed by atoms with E-state index in [0.29, 0.717) is 17.1 Å². The molecule has 2 aromatic rings. The number of nitrogens with one attached hydrogen (secondary N) is 1. The van der Waals surface area contributed by atoms with E-state index in [2.05, 4.69) is 26.4 Å². The summed E-state index contributed by atoms with van der Waals surface area (Å²) >= 11 is 9.47. The highest BCUT2D eigenvalue weighted by Gasteiger charge is 2.04. The maximum Gasteiger partial charge on any atom is 0.170 e. The molecule has 20 heavy (non-hydrogen) atoms. The Kier molecular flexibility index (Phi) is 4.87. The summed E-state index contributed by atoms with van der Waals surface area (Å²) in [6, 6.07) is 13.1. The molecule has 0 amide bonds. The van der Waals surface area contributed by atoms with Gasteiger partial charge in [0.05, 0.1) is 15.2 Å². The number of oxime groups is 1. The van der Waals surface area contributed by atoms with Gasteiger partial charge in [-0.25, -0.2) is 0 Å². The van der Waals surface area contributed by atoms with Gasteiger partial charge in [0.2, 0.25) is 0 Å². The number of rotatable bonds is 4. The smallest absolute Gasteiger partial charge is 0.170 e. The van der Waals surface area contributed by atoms with E-state index < -0.39 is 0 Å². The van der Waals surface area contributed by atoms with Crippen LogP contribution in [0.1, 0.15) is 11.1 Å². The molecule has 0 spiro atoms. The molecule has 0 aliphatic rings. The molecular weight excluding hydrogens is 342 g/mol. The Morgan fingerprint density at radius 2 is 2.05 bits per heavy atom. The van der Waals surface area contributed by atoms with Crippen LogP contribution in [-0.4, -0.2) is 11.0 Å². The maximum absolute atomic E-state index is 8.68. The second kappa shape index (κ2) is 6.63. The van der Waals surface area contributed by atoms with Gasteiger partial charge in [0.25, 0.3) is 0 Å². The van der Waals surface area contributed by atoms with Gasteiger partial charge in [0.15, 0.2) is 5.84 Å². The lowest BCUT2D eigenvalue weighted by atomic mass is 10.1. The van der Waals surface area contributed by atoms with Crippen molar-refractivity contribution in [2.45, 2.75) is 6.54 Å². The van der Waals surface area contributed by atoms with Crippen molar-refractivity contribution in [2.75, 3.05) is 5.32 Å². The number of benzene rings is 2. The van der Waals surface area contributed by atoms with Crippen LogP contribution in [-0.2, 0) is 6.54 Å². The Labute approximate surface area is 130 Å². The van der Waals surface area contributed by atoms with E-state index in [0.717, 1.165) is 15.7 Å². The molecule has 0 aliphatic heterocycles. The second-order valence-corrected chi connectivity index (χ2v) is 5.34. The highest BCUT2D eigenvalue weighted by atomic mass is 79.9.